The van der Waals surface area contributed by atoms with Gasteiger partial charge in [0.05, 0.1) is 0 Å². The zero-order chi connectivity index (χ0) is 19.4. The van der Waals surface area contributed by atoms with Crippen molar-refractivity contribution in [1.29, 1.82) is 0 Å². The summed E-state index contributed by atoms with van der Waals surface area (Å²) >= 11 is 0. The molecule has 1 heterocycles. The molecule has 6 heteroatoms. The molecule has 1 amide bonds. The summed E-state index contributed by atoms with van der Waals surface area (Å²) in [4.78, 5) is 27.6. The number of amides is 1. The maximum Gasteiger partial charge on any atom is 0.358 e. The number of anilines is 1. The smallest absolute Gasteiger partial charge is 0.358 e. The highest BCUT2D eigenvalue weighted by Gasteiger charge is 2.21. The number of rotatable bonds is 6. The Bertz CT molecular complexity index is 944. The molecule has 0 fully saturated rings. The maximum atomic E-state index is 11.9. The molecular formula is C21H20N2O4. The molecule has 3 aromatic rings. The van der Waals surface area contributed by atoms with E-state index in [-0.39, 0.29) is 29.2 Å². The van der Waals surface area contributed by atoms with Crippen molar-refractivity contribution in [3.8, 4) is 22.8 Å². The van der Waals surface area contributed by atoms with Crippen LogP contribution >= 0.6 is 0 Å². The largest absolute Gasteiger partial charge is 0.476 e. The lowest BCUT2D eigenvalue weighted by molar-refractivity contribution is -0.116. The Labute approximate surface area is 156 Å². The summed E-state index contributed by atoms with van der Waals surface area (Å²) in [6, 6.07) is 15.9. The molecule has 0 spiro atoms. The van der Waals surface area contributed by atoms with E-state index in [0.717, 1.165) is 0 Å². The number of nitrogens with zero attached hydrogens (tertiary/aromatic N) is 1. The SMILES string of the molecule is CC(C)CC(=O)Nc1ccc(-c2oc(-c3ccccc3)nc2C(=O)O)cc1. The second-order valence-electron chi connectivity index (χ2n) is 6.59. The van der Waals surface area contributed by atoms with Crippen molar-refractivity contribution in [2.75, 3.05) is 5.32 Å². The quantitative estimate of drug-likeness (QED) is 0.662. The highest BCUT2D eigenvalue weighted by Crippen LogP contribution is 2.30. The van der Waals surface area contributed by atoms with Gasteiger partial charge in [0.1, 0.15) is 0 Å². The fourth-order valence-corrected chi connectivity index (χ4v) is 2.65. The van der Waals surface area contributed by atoms with Gasteiger partial charge >= 0.3 is 5.97 Å². The van der Waals surface area contributed by atoms with Crippen LogP contribution in [0.15, 0.2) is 59.0 Å². The zero-order valence-corrected chi connectivity index (χ0v) is 15.1. The molecule has 0 saturated carbocycles. The van der Waals surface area contributed by atoms with Gasteiger partial charge in [-0.05, 0) is 42.3 Å². The number of oxazole rings is 1. The Morgan fingerprint density at radius 3 is 2.30 bits per heavy atom. The number of nitrogens with one attached hydrogen (secondary N) is 1. The van der Waals surface area contributed by atoms with E-state index in [4.69, 9.17) is 4.42 Å². The van der Waals surface area contributed by atoms with E-state index in [1.807, 2.05) is 32.0 Å². The van der Waals surface area contributed by atoms with Crippen molar-refractivity contribution in [2.24, 2.45) is 5.92 Å². The van der Waals surface area contributed by atoms with E-state index >= 15 is 0 Å². The monoisotopic (exact) mass is 364 g/mol. The van der Waals surface area contributed by atoms with Gasteiger partial charge in [-0.2, -0.15) is 0 Å². The number of hydrogen-bond donors (Lipinski definition) is 2. The summed E-state index contributed by atoms with van der Waals surface area (Å²) in [6.45, 7) is 3.95. The standard InChI is InChI=1S/C21H20N2O4/c1-13(2)12-17(24)22-16-10-8-14(9-11-16)19-18(21(25)26)23-20(27-19)15-6-4-3-5-7-15/h3-11,13H,12H2,1-2H3,(H,22,24)(H,25,26). The highest BCUT2D eigenvalue weighted by molar-refractivity contribution is 5.94. The van der Waals surface area contributed by atoms with Crippen molar-refractivity contribution in [2.45, 2.75) is 20.3 Å². The van der Waals surface area contributed by atoms with E-state index < -0.39 is 5.97 Å². The average Bonchev–Trinajstić information content (AvgIpc) is 3.08. The third-order valence-corrected chi connectivity index (χ3v) is 3.87. The van der Waals surface area contributed by atoms with Crippen molar-refractivity contribution in [1.82, 2.24) is 4.98 Å². The number of carbonyl (C=O) groups is 2. The third-order valence-electron chi connectivity index (χ3n) is 3.87. The van der Waals surface area contributed by atoms with E-state index in [0.29, 0.717) is 23.2 Å². The van der Waals surface area contributed by atoms with Gasteiger partial charge in [0.25, 0.3) is 0 Å². The first-order chi connectivity index (χ1) is 12.9. The van der Waals surface area contributed by atoms with Crippen LogP contribution in [0.1, 0.15) is 30.8 Å². The number of carbonyl (C=O) groups excluding carboxylic acids is 1. The molecule has 2 aromatic carbocycles. The van der Waals surface area contributed by atoms with Crippen LogP contribution in [0.5, 0.6) is 0 Å². The molecule has 0 radical (unpaired) electrons. The van der Waals surface area contributed by atoms with E-state index in [2.05, 4.69) is 10.3 Å². The van der Waals surface area contributed by atoms with Gasteiger partial charge < -0.3 is 14.8 Å². The molecule has 3 rings (SSSR count). The Kier molecular flexibility index (Phi) is 5.35. The molecule has 0 atom stereocenters. The van der Waals surface area contributed by atoms with E-state index in [1.54, 1.807) is 36.4 Å². The molecule has 27 heavy (non-hydrogen) atoms. The number of hydrogen-bond acceptors (Lipinski definition) is 4. The molecule has 0 bridgehead atoms. The number of benzene rings is 2. The highest BCUT2D eigenvalue weighted by atomic mass is 16.4. The summed E-state index contributed by atoms with van der Waals surface area (Å²) in [5, 5.41) is 12.3. The molecule has 138 valence electrons. The van der Waals surface area contributed by atoms with Gasteiger partial charge in [-0.3, -0.25) is 4.79 Å². The number of carboxylic acids is 1. The zero-order valence-electron chi connectivity index (χ0n) is 15.1. The second-order valence-corrected chi connectivity index (χ2v) is 6.59. The first-order valence-electron chi connectivity index (χ1n) is 8.64. The molecule has 2 N–H and O–H groups in total. The van der Waals surface area contributed by atoms with Gasteiger partial charge in [-0.15, -0.1) is 0 Å². The third kappa shape index (κ3) is 4.41. The van der Waals surface area contributed by atoms with Crippen molar-refractivity contribution >= 4 is 17.6 Å². The van der Waals surface area contributed by atoms with Crippen LogP contribution in [-0.4, -0.2) is 22.0 Å². The number of aromatic carboxylic acids is 1. The summed E-state index contributed by atoms with van der Waals surface area (Å²) in [5.41, 5.74) is 1.77. The Balaban J connectivity index is 1.88. The van der Waals surface area contributed by atoms with Gasteiger partial charge in [-0.1, -0.05) is 32.0 Å². The molecule has 0 aliphatic heterocycles. The first kappa shape index (κ1) is 18.4. The predicted octanol–water partition coefficient (Wildman–Crippen LogP) is 4.69. The van der Waals surface area contributed by atoms with Gasteiger partial charge in [0.2, 0.25) is 11.8 Å². The molecule has 0 saturated heterocycles. The Morgan fingerprint density at radius 1 is 1.04 bits per heavy atom. The predicted molar refractivity (Wildman–Crippen MR) is 102 cm³/mol. The normalized spacial score (nSPS) is 10.8. The van der Waals surface area contributed by atoms with Gasteiger partial charge in [0.15, 0.2) is 11.5 Å². The van der Waals surface area contributed by atoms with Crippen LogP contribution in [0.25, 0.3) is 22.8 Å². The van der Waals surface area contributed by atoms with Crippen LogP contribution in [0.4, 0.5) is 5.69 Å². The van der Waals surface area contributed by atoms with E-state index in [1.165, 1.54) is 0 Å². The van der Waals surface area contributed by atoms with Crippen molar-refractivity contribution < 1.29 is 19.1 Å². The van der Waals surface area contributed by atoms with Crippen molar-refractivity contribution in [3.63, 3.8) is 0 Å². The lowest BCUT2D eigenvalue weighted by Gasteiger charge is -2.07. The number of aromatic nitrogens is 1. The summed E-state index contributed by atoms with van der Waals surface area (Å²) in [5.74, 6) is -0.521. The van der Waals surface area contributed by atoms with Crippen LogP contribution in [0.3, 0.4) is 0 Å². The molecule has 0 unspecified atom stereocenters. The summed E-state index contributed by atoms with van der Waals surface area (Å²) < 4.78 is 5.74. The van der Waals surface area contributed by atoms with Crippen LogP contribution in [-0.2, 0) is 4.79 Å². The Hall–Kier alpha value is -3.41. The fraction of sp³-hybridized carbons (Fsp3) is 0.190. The maximum absolute atomic E-state index is 11.9. The van der Waals surface area contributed by atoms with Crippen LogP contribution in [0, 0.1) is 5.92 Å². The lowest BCUT2D eigenvalue weighted by Crippen LogP contribution is -2.13. The molecule has 0 aliphatic rings. The first-order valence-corrected chi connectivity index (χ1v) is 8.64. The topological polar surface area (TPSA) is 92.4 Å². The van der Waals surface area contributed by atoms with Crippen molar-refractivity contribution in [3.05, 3.63) is 60.3 Å². The van der Waals surface area contributed by atoms with Gasteiger partial charge in [0, 0.05) is 23.2 Å². The molecule has 6 nitrogen and oxygen atoms in total. The van der Waals surface area contributed by atoms with Crippen LogP contribution in [0.2, 0.25) is 0 Å². The molecule has 0 aliphatic carbocycles. The van der Waals surface area contributed by atoms with Gasteiger partial charge in [-0.25, -0.2) is 9.78 Å². The minimum Gasteiger partial charge on any atom is -0.476 e. The Morgan fingerprint density at radius 2 is 1.70 bits per heavy atom. The summed E-state index contributed by atoms with van der Waals surface area (Å²) in [6.07, 6.45) is 0.438. The molecule has 1 aromatic heterocycles. The minimum absolute atomic E-state index is 0.0602. The number of carboxylic acid groups (broad SMARTS) is 1. The second kappa shape index (κ2) is 7.86. The minimum atomic E-state index is -1.16. The van der Waals surface area contributed by atoms with Crippen LogP contribution < -0.4 is 5.32 Å². The average molecular weight is 364 g/mol. The fourth-order valence-electron chi connectivity index (χ4n) is 2.65. The molecular weight excluding hydrogens is 344 g/mol. The summed E-state index contributed by atoms with van der Waals surface area (Å²) in [7, 11) is 0. The van der Waals surface area contributed by atoms with E-state index in [9.17, 15) is 14.7 Å². The lowest BCUT2D eigenvalue weighted by atomic mass is 10.1.